The zero-order valence-electron chi connectivity index (χ0n) is 13.8. The van der Waals surface area contributed by atoms with E-state index in [1.54, 1.807) is 0 Å². The number of rotatable bonds is 4. The lowest BCUT2D eigenvalue weighted by Gasteiger charge is -2.26. The Morgan fingerprint density at radius 1 is 1.12 bits per heavy atom. The van der Waals surface area contributed by atoms with Gasteiger partial charge in [0.2, 0.25) is 0 Å². The van der Waals surface area contributed by atoms with Crippen molar-refractivity contribution in [3.63, 3.8) is 0 Å². The minimum absolute atomic E-state index is 0.128. The fraction of sp³-hybridized carbons (Fsp3) is 0.263. The van der Waals surface area contributed by atoms with Crippen LogP contribution in [-0.2, 0) is 11.3 Å². The molecule has 1 N–H and O–H groups in total. The van der Waals surface area contributed by atoms with E-state index in [0.717, 1.165) is 43.1 Å². The first kappa shape index (κ1) is 16.2. The summed E-state index contributed by atoms with van der Waals surface area (Å²) in [5.41, 5.74) is 2.76. The Kier molecular flexibility index (Phi) is 4.74. The van der Waals surface area contributed by atoms with Crippen LogP contribution >= 0.6 is 11.3 Å². The molecule has 0 saturated carbocycles. The minimum atomic E-state index is -0.128. The van der Waals surface area contributed by atoms with Gasteiger partial charge in [-0.15, -0.1) is 0 Å². The molecule has 5 nitrogen and oxygen atoms in total. The van der Waals surface area contributed by atoms with E-state index in [9.17, 15) is 4.79 Å². The van der Waals surface area contributed by atoms with Gasteiger partial charge in [-0.05, 0) is 29.8 Å². The Balaban J connectivity index is 1.41. The molecule has 6 heteroatoms. The van der Waals surface area contributed by atoms with E-state index in [2.05, 4.69) is 15.2 Å². The zero-order valence-corrected chi connectivity index (χ0v) is 14.6. The van der Waals surface area contributed by atoms with Crippen molar-refractivity contribution in [1.29, 1.82) is 0 Å². The lowest BCUT2D eigenvalue weighted by atomic mass is 10.1. The molecule has 0 aliphatic carbocycles. The molecule has 1 fully saturated rings. The summed E-state index contributed by atoms with van der Waals surface area (Å²) in [5.74, 6) is -0.128. The second-order valence-electron chi connectivity index (χ2n) is 6.03. The maximum atomic E-state index is 12.4. The number of para-hydroxylation sites is 1. The van der Waals surface area contributed by atoms with Gasteiger partial charge in [0.15, 0.2) is 5.13 Å². The molecule has 128 valence electrons. The lowest BCUT2D eigenvalue weighted by molar-refractivity contribution is 0.0342. The topological polar surface area (TPSA) is 54.5 Å². The number of aromatic nitrogens is 1. The summed E-state index contributed by atoms with van der Waals surface area (Å²) in [6.45, 7) is 4.40. The van der Waals surface area contributed by atoms with Crippen molar-refractivity contribution in [3.05, 3.63) is 59.7 Å². The molecule has 2 heterocycles. The largest absolute Gasteiger partial charge is 0.379 e. The van der Waals surface area contributed by atoms with E-state index in [4.69, 9.17) is 4.74 Å². The van der Waals surface area contributed by atoms with Crippen LogP contribution in [-0.4, -0.2) is 42.1 Å². The van der Waals surface area contributed by atoms with Crippen LogP contribution in [0.25, 0.3) is 10.2 Å². The van der Waals surface area contributed by atoms with Crippen molar-refractivity contribution in [1.82, 2.24) is 9.88 Å². The maximum absolute atomic E-state index is 12.4. The third kappa shape index (κ3) is 3.87. The van der Waals surface area contributed by atoms with Crippen LogP contribution in [0.5, 0.6) is 0 Å². The first-order chi connectivity index (χ1) is 12.3. The number of ether oxygens (including phenoxy) is 1. The van der Waals surface area contributed by atoms with Gasteiger partial charge >= 0.3 is 0 Å². The monoisotopic (exact) mass is 353 g/mol. The number of morpholine rings is 1. The Labute approximate surface area is 150 Å². The fourth-order valence-electron chi connectivity index (χ4n) is 2.87. The van der Waals surface area contributed by atoms with Gasteiger partial charge in [0.25, 0.3) is 5.91 Å². The van der Waals surface area contributed by atoms with Crippen LogP contribution in [0.2, 0.25) is 0 Å². The molecule has 1 amide bonds. The summed E-state index contributed by atoms with van der Waals surface area (Å²) < 4.78 is 6.44. The van der Waals surface area contributed by atoms with Crippen LogP contribution < -0.4 is 5.32 Å². The number of benzene rings is 2. The molecule has 0 bridgehead atoms. The highest BCUT2D eigenvalue weighted by atomic mass is 32.1. The van der Waals surface area contributed by atoms with Crippen LogP contribution in [0.15, 0.2) is 48.5 Å². The van der Waals surface area contributed by atoms with Gasteiger partial charge in [0.05, 0.1) is 23.4 Å². The van der Waals surface area contributed by atoms with E-state index >= 15 is 0 Å². The van der Waals surface area contributed by atoms with Crippen molar-refractivity contribution in [2.45, 2.75) is 6.54 Å². The number of carbonyl (C=O) groups is 1. The van der Waals surface area contributed by atoms with Gasteiger partial charge in [0.1, 0.15) is 0 Å². The first-order valence-electron chi connectivity index (χ1n) is 8.34. The van der Waals surface area contributed by atoms with Crippen LogP contribution in [0.3, 0.4) is 0 Å². The highest BCUT2D eigenvalue weighted by Crippen LogP contribution is 2.25. The van der Waals surface area contributed by atoms with Crippen LogP contribution in [0.1, 0.15) is 15.9 Å². The smallest absolute Gasteiger partial charge is 0.257 e. The highest BCUT2D eigenvalue weighted by molar-refractivity contribution is 7.22. The molecule has 1 saturated heterocycles. The molecular weight excluding hydrogens is 334 g/mol. The van der Waals surface area contributed by atoms with Gasteiger partial charge < -0.3 is 4.74 Å². The number of anilines is 1. The normalized spacial score (nSPS) is 15.4. The number of amides is 1. The van der Waals surface area contributed by atoms with Crippen molar-refractivity contribution < 1.29 is 9.53 Å². The van der Waals surface area contributed by atoms with Gasteiger partial charge in [-0.2, -0.15) is 0 Å². The van der Waals surface area contributed by atoms with Gasteiger partial charge in [-0.25, -0.2) is 4.98 Å². The van der Waals surface area contributed by atoms with Crippen molar-refractivity contribution in [2.24, 2.45) is 0 Å². The second kappa shape index (κ2) is 7.31. The zero-order chi connectivity index (χ0) is 17.1. The third-order valence-electron chi connectivity index (χ3n) is 4.24. The molecule has 0 spiro atoms. The molecule has 3 aromatic rings. The summed E-state index contributed by atoms with van der Waals surface area (Å²) >= 11 is 1.49. The lowest BCUT2D eigenvalue weighted by Crippen LogP contribution is -2.35. The fourth-order valence-corrected chi connectivity index (χ4v) is 3.73. The van der Waals surface area contributed by atoms with E-state index in [0.29, 0.717) is 10.7 Å². The van der Waals surface area contributed by atoms with E-state index in [-0.39, 0.29) is 5.91 Å². The standard InChI is InChI=1S/C19H19N3O2S/c23-18(21-19-20-16-3-1-2-4-17(16)25-19)15-7-5-14(6-8-15)13-22-9-11-24-12-10-22/h1-8H,9-13H2,(H,20,21,23). The molecule has 1 aliphatic rings. The average molecular weight is 353 g/mol. The predicted octanol–water partition coefficient (Wildman–Crippen LogP) is 3.38. The Bertz CT molecular complexity index is 837. The summed E-state index contributed by atoms with van der Waals surface area (Å²) in [7, 11) is 0. The quantitative estimate of drug-likeness (QED) is 0.781. The number of hydrogen-bond donors (Lipinski definition) is 1. The number of nitrogens with one attached hydrogen (secondary N) is 1. The molecule has 0 radical (unpaired) electrons. The summed E-state index contributed by atoms with van der Waals surface area (Å²) in [6, 6.07) is 15.6. The first-order valence-corrected chi connectivity index (χ1v) is 9.15. The van der Waals surface area contributed by atoms with Gasteiger partial charge in [0, 0.05) is 25.2 Å². The number of fused-ring (bicyclic) bond motifs is 1. The summed E-state index contributed by atoms with van der Waals surface area (Å²) in [6.07, 6.45) is 0. The SMILES string of the molecule is O=C(Nc1nc2ccccc2s1)c1ccc(CN2CCOCC2)cc1. The number of hydrogen-bond acceptors (Lipinski definition) is 5. The molecule has 0 atom stereocenters. The molecule has 25 heavy (non-hydrogen) atoms. The summed E-state index contributed by atoms with van der Waals surface area (Å²) in [4.78, 5) is 19.2. The summed E-state index contributed by atoms with van der Waals surface area (Å²) in [5, 5.41) is 3.52. The molecule has 4 rings (SSSR count). The van der Waals surface area contributed by atoms with E-state index in [1.807, 2.05) is 48.5 Å². The highest BCUT2D eigenvalue weighted by Gasteiger charge is 2.12. The molecular formula is C19H19N3O2S. The van der Waals surface area contributed by atoms with Crippen molar-refractivity contribution in [3.8, 4) is 0 Å². The Morgan fingerprint density at radius 3 is 2.64 bits per heavy atom. The predicted molar refractivity (Wildman–Crippen MR) is 100 cm³/mol. The molecule has 1 aromatic heterocycles. The van der Waals surface area contributed by atoms with Crippen LogP contribution in [0.4, 0.5) is 5.13 Å². The third-order valence-corrected chi connectivity index (χ3v) is 5.19. The van der Waals surface area contributed by atoms with Gasteiger partial charge in [-0.3, -0.25) is 15.0 Å². The number of thiazole rings is 1. The van der Waals surface area contributed by atoms with Crippen LogP contribution in [0, 0.1) is 0 Å². The van der Waals surface area contributed by atoms with Gasteiger partial charge in [-0.1, -0.05) is 35.6 Å². The van der Waals surface area contributed by atoms with Crippen molar-refractivity contribution >= 4 is 32.6 Å². The van der Waals surface area contributed by atoms with E-state index in [1.165, 1.54) is 16.9 Å². The van der Waals surface area contributed by atoms with E-state index < -0.39 is 0 Å². The Morgan fingerprint density at radius 2 is 1.88 bits per heavy atom. The number of carbonyl (C=O) groups excluding carboxylic acids is 1. The molecule has 2 aromatic carbocycles. The molecule has 1 aliphatic heterocycles. The average Bonchev–Trinajstić information content (AvgIpc) is 3.05. The maximum Gasteiger partial charge on any atom is 0.257 e. The Hall–Kier alpha value is -2.28. The minimum Gasteiger partial charge on any atom is -0.379 e. The van der Waals surface area contributed by atoms with Crippen molar-refractivity contribution in [2.75, 3.05) is 31.6 Å². The second-order valence-corrected chi connectivity index (χ2v) is 7.06. The molecule has 0 unspecified atom stereocenters. The number of nitrogens with zero attached hydrogens (tertiary/aromatic N) is 2.